The molecule has 1 aromatic heterocycles. The molecule has 0 fully saturated rings. The van der Waals surface area contributed by atoms with Crippen LogP contribution in [0.25, 0.3) is 0 Å². The van der Waals surface area contributed by atoms with Crippen LogP contribution in [0.15, 0.2) is 18.3 Å². The number of pyridine rings is 1. The van der Waals surface area contributed by atoms with Gasteiger partial charge in [-0.2, -0.15) is 5.26 Å². The van der Waals surface area contributed by atoms with E-state index < -0.39 is 0 Å². The van der Waals surface area contributed by atoms with Crippen molar-refractivity contribution < 1.29 is 0 Å². The molecule has 2 heteroatoms. The van der Waals surface area contributed by atoms with Crippen molar-refractivity contribution in [3.8, 4) is 6.07 Å². The molecular weight excluding hydrogens is 172 g/mol. The van der Waals surface area contributed by atoms with Gasteiger partial charge in [0.2, 0.25) is 0 Å². The van der Waals surface area contributed by atoms with Gasteiger partial charge in [0.25, 0.3) is 0 Å². The molecule has 0 aromatic carbocycles. The summed E-state index contributed by atoms with van der Waals surface area (Å²) in [7, 11) is 0. The SMILES string of the molecule is CC.CC(C)Cc1cc(C#N)ccn1. The molecule has 0 aliphatic heterocycles. The lowest BCUT2D eigenvalue weighted by Gasteiger charge is -2.02. The number of hydrogen-bond acceptors (Lipinski definition) is 2. The minimum Gasteiger partial charge on any atom is -0.261 e. The van der Waals surface area contributed by atoms with Crippen LogP contribution in [-0.2, 0) is 6.42 Å². The molecule has 76 valence electrons. The highest BCUT2D eigenvalue weighted by Gasteiger charge is 1.99. The van der Waals surface area contributed by atoms with E-state index in [2.05, 4.69) is 24.9 Å². The molecular formula is C12H18N2. The van der Waals surface area contributed by atoms with Crippen LogP contribution in [-0.4, -0.2) is 4.98 Å². The van der Waals surface area contributed by atoms with Crippen molar-refractivity contribution in [2.75, 3.05) is 0 Å². The Bertz CT molecular complexity index is 297. The summed E-state index contributed by atoms with van der Waals surface area (Å²) in [5, 5.41) is 8.62. The lowest BCUT2D eigenvalue weighted by Crippen LogP contribution is -1.96. The van der Waals surface area contributed by atoms with Gasteiger partial charge in [0.15, 0.2) is 0 Å². The number of aromatic nitrogens is 1. The average molecular weight is 190 g/mol. The molecule has 0 radical (unpaired) electrons. The Labute approximate surface area is 86.6 Å². The van der Waals surface area contributed by atoms with Crippen LogP contribution in [0.5, 0.6) is 0 Å². The van der Waals surface area contributed by atoms with Crippen molar-refractivity contribution >= 4 is 0 Å². The van der Waals surface area contributed by atoms with Crippen molar-refractivity contribution in [1.29, 1.82) is 5.26 Å². The largest absolute Gasteiger partial charge is 0.261 e. The first kappa shape index (κ1) is 12.6. The summed E-state index contributed by atoms with van der Waals surface area (Å²) in [5.74, 6) is 0.589. The van der Waals surface area contributed by atoms with Gasteiger partial charge in [-0.25, -0.2) is 0 Å². The zero-order chi connectivity index (χ0) is 11.0. The smallest absolute Gasteiger partial charge is 0.0992 e. The highest BCUT2D eigenvalue weighted by Crippen LogP contribution is 2.06. The van der Waals surface area contributed by atoms with Crippen molar-refractivity contribution in [3.63, 3.8) is 0 Å². The monoisotopic (exact) mass is 190 g/mol. The summed E-state index contributed by atoms with van der Waals surface area (Å²) in [6, 6.07) is 5.67. The van der Waals surface area contributed by atoms with E-state index in [0.717, 1.165) is 12.1 Å². The summed E-state index contributed by atoms with van der Waals surface area (Å²) >= 11 is 0. The molecule has 0 saturated carbocycles. The maximum atomic E-state index is 8.62. The van der Waals surface area contributed by atoms with E-state index >= 15 is 0 Å². The Morgan fingerprint density at radius 3 is 2.57 bits per heavy atom. The Morgan fingerprint density at radius 2 is 2.07 bits per heavy atom. The van der Waals surface area contributed by atoms with E-state index in [4.69, 9.17) is 5.26 Å². The van der Waals surface area contributed by atoms with Crippen molar-refractivity contribution in [3.05, 3.63) is 29.6 Å². The van der Waals surface area contributed by atoms with Crippen LogP contribution in [0.4, 0.5) is 0 Å². The van der Waals surface area contributed by atoms with Crippen LogP contribution >= 0.6 is 0 Å². The van der Waals surface area contributed by atoms with E-state index in [1.807, 2.05) is 19.9 Å². The Morgan fingerprint density at radius 1 is 1.43 bits per heavy atom. The van der Waals surface area contributed by atoms with Crippen LogP contribution in [0.3, 0.4) is 0 Å². The minimum atomic E-state index is 0.589. The molecule has 0 saturated heterocycles. The Balaban J connectivity index is 0.000000791. The second-order valence-corrected chi connectivity index (χ2v) is 3.25. The molecule has 0 aliphatic carbocycles. The zero-order valence-electron chi connectivity index (χ0n) is 9.41. The standard InChI is InChI=1S/C10H12N2.C2H6/c1-8(2)5-10-6-9(7-11)3-4-12-10;1-2/h3-4,6,8H,5H2,1-2H3;1-2H3. The van der Waals surface area contributed by atoms with Gasteiger partial charge in [-0.15, -0.1) is 0 Å². The second-order valence-electron chi connectivity index (χ2n) is 3.25. The quantitative estimate of drug-likeness (QED) is 0.718. The fourth-order valence-electron chi connectivity index (χ4n) is 1.08. The first-order valence-electron chi connectivity index (χ1n) is 5.07. The average Bonchev–Trinajstić information content (AvgIpc) is 2.20. The van der Waals surface area contributed by atoms with Gasteiger partial charge in [0.1, 0.15) is 0 Å². The highest BCUT2D eigenvalue weighted by atomic mass is 14.7. The summed E-state index contributed by atoms with van der Waals surface area (Å²) in [5.41, 5.74) is 1.70. The van der Waals surface area contributed by atoms with Gasteiger partial charge in [-0.1, -0.05) is 27.7 Å². The number of rotatable bonds is 2. The molecule has 0 unspecified atom stereocenters. The fraction of sp³-hybridized carbons (Fsp3) is 0.500. The third-order valence-electron chi connectivity index (χ3n) is 1.56. The second kappa shape index (κ2) is 7.08. The van der Waals surface area contributed by atoms with Crippen LogP contribution < -0.4 is 0 Å². The van der Waals surface area contributed by atoms with Crippen molar-refractivity contribution in [2.24, 2.45) is 5.92 Å². The molecule has 1 aromatic rings. The first-order chi connectivity index (χ1) is 6.72. The van der Waals surface area contributed by atoms with Gasteiger partial charge in [0.05, 0.1) is 11.6 Å². The number of nitrogens with zero attached hydrogens (tertiary/aromatic N) is 2. The van der Waals surface area contributed by atoms with Gasteiger partial charge >= 0.3 is 0 Å². The maximum Gasteiger partial charge on any atom is 0.0992 e. The molecule has 0 N–H and O–H groups in total. The fourth-order valence-corrected chi connectivity index (χ4v) is 1.08. The van der Waals surface area contributed by atoms with Gasteiger partial charge in [-0.3, -0.25) is 4.98 Å². The van der Waals surface area contributed by atoms with E-state index in [-0.39, 0.29) is 0 Å². The molecule has 1 rings (SSSR count). The van der Waals surface area contributed by atoms with E-state index in [1.54, 1.807) is 12.3 Å². The van der Waals surface area contributed by atoms with E-state index in [0.29, 0.717) is 11.5 Å². The maximum absolute atomic E-state index is 8.62. The summed E-state index contributed by atoms with van der Waals surface area (Å²) in [6.45, 7) is 8.28. The van der Waals surface area contributed by atoms with Gasteiger partial charge < -0.3 is 0 Å². The van der Waals surface area contributed by atoms with E-state index in [9.17, 15) is 0 Å². The number of hydrogen-bond donors (Lipinski definition) is 0. The normalized spacial score (nSPS) is 8.86. The zero-order valence-corrected chi connectivity index (χ0v) is 9.41. The van der Waals surface area contributed by atoms with Crippen LogP contribution in [0, 0.1) is 17.2 Å². The van der Waals surface area contributed by atoms with Crippen molar-refractivity contribution in [2.45, 2.75) is 34.1 Å². The Hall–Kier alpha value is -1.36. The van der Waals surface area contributed by atoms with Crippen molar-refractivity contribution in [1.82, 2.24) is 4.98 Å². The molecule has 0 aliphatic rings. The predicted molar refractivity (Wildman–Crippen MR) is 58.8 cm³/mol. The first-order valence-corrected chi connectivity index (χ1v) is 5.07. The number of nitriles is 1. The van der Waals surface area contributed by atoms with E-state index in [1.165, 1.54) is 0 Å². The topological polar surface area (TPSA) is 36.7 Å². The summed E-state index contributed by atoms with van der Waals surface area (Å²) in [6.07, 6.45) is 2.63. The Kier molecular flexibility index (Phi) is 6.39. The van der Waals surface area contributed by atoms with Gasteiger partial charge in [0, 0.05) is 11.9 Å². The predicted octanol–water partition coefficient (Wildman–Crippen LogP) is 3.18. The molecule has 0 amide bonds. The van der Waals surface area contributed by atoms with Gasteiger partial charge in [-0.05, 0) is 24.5 Å². The van der Waals surface area contributed by atoms with Crippen LogP contribution in [0.1, 0.15) is 39.0 Å². The molecule has 0 spiro atoms. The summed E-state index contributed by atoms with van der Waals surface area (Å²) < 4.78 is 0. The summed E-state index contributed by atoms with van der Waals surface area (Å²) in [4.78, 5) is 4.18. The molecule has 0 atom stereocenters. The van der Waals surface area contributed by atoms with Crippen LogP contribution in [0.2, 0.25) is 0 Å². The lowest BCUT2D eigenvalue weighted by molar-refractivity contribution is 0.635. The minimum absolute atomic E-state index is 0.589. The molecule has 14 heavy (non-hydrogen) atoms. The third kappa shape index (κ3) is 4.61. The highest BCUT2D eigenvalue weighted by molar-refractivity contribution is 5.28. The third-order valence-corrected chi connectivity index (χ3v) is 1.56. The lowest BCUT2D eigenvalue weighted by atomic mass is 10.1. The molecule has 1 heterocycles. The molecule has 0 bridgehead atoms. The molecule has 2 nitrogen and oxygen atoms in total.